The molecular formula is C22H15Cl2NO3S. The van der Waals surface area contributed by atoms with Crippen LogP contribution in [0.3, 0.4) is 0 Å². The lowest BCUT2D eigenvalue weighted by Gasteiger charge is -2.23. The van der Waals surface area contributed by atoms with E-state index in [1.165, 1.54) is 17.0 Å². The van der Waals surface area contributed by atoms with E-state index < -0.39 is 21.1 Å². The Labute approximate surface area is 178 Å². The topological polar surface area (TPSA) is 54.5 Å². The Morgan fingerprint density at radius 3 is 2.10 bits per heavy atom. The van der Waals surface area contributed by atoms with Crippen molar-refractivity contribution in [3.63, 3.8) is 0 Å². The van der Waals surface area contributed by atoms with Crippen LogP contribution in [0.15, 0.2) is 83.8 Å². The highest BCUT2D eigenvalue weighted by Crippen LogP contribution is 2.43. The van der Waals surface area contributed by atoms with E-state index >= 15 is 0 Å². The smallest absolute Gasteiger partial charge is 0.271 e. The molecule has 1 aliphatic rings. The molecule has 4 rings (SSSR count). The molecular weight excluding hydrogens is 429 g/mol. The van der Waals surface area contributed by atoms with Gasteiger partial charge in [-0.15, -0.1) is 0 Å². The third kappa shape index (κ3) is 3.57. The second-order valence-electron chi connectivity index (χ2n) is 6.49. The van der Waals surface area contributed by atoms with E-state index in [2.05, 4.69) is 0 Å². The van der Waals surface area contributed by atoms with Gasteiger partial charge in [0.2, 0.25) is 9.84 Å². The van der Waals surface area contributed by atoms with Crippen molar-refractivity contribution in [1.29, 1.82) is 0 Å². The van der Waals surface area contributed by atoms with Crippen LogP contribution < -0.4 is 4.90 Å². The summed E-state index contributed by atoms with van der Waals surface area (Å²) in [6, 6.07) is 22.1. The number of carbonyl (C=O) groups excluding carboxylic acids is 1. The zero-order valence-corrected chi connectivity index (χ0v) is 17.3. The second kappa shape index (κ2) is 7.67. The summed E-state index contributed by atoms with van der Waals surface area (Å²) in [6.07, 6.45) is 1.31. The lowest BCUT2D eigenvalue weighted by atomic mass is 10.1. The molecule has 1 aliphatic heterocycles. The van der Waals surface area contributed by atoms with Gasteiger partial charge in [0.25, 0.3) is 5.91 Å². The Hall–Kier alpha value is -2.60. The first kappa shape index (κ1) is 19.7. The number of para-hydroxylation sites is 1. The van der Waals surface area contributed by atoms with Crippen molar-refractivity contribution in [2.24, 2.45) is 0 Å². The summed E-state index contributed by atoms with van der Waals surface area (Å²) in [5.74, 6) is -0.601. The fourth-order valence-corrected chi connectivity index (χ4v) is 5.64. The van der Waals surface area contributed by atoms with Crippen molar-refractivity contribution < 1.29 is 13.2 Å². The minimum Gasteiger partial charge on any atom is -0.286 e. The van der Waals surface area contributed by atoms with Gasteiger partial charge in [-0.3, -0.25) is 9.69 Å². The lowest BCUT2D eigenvalue weighted by Crippen LogP contribution is -2.28. The molecule has 4 nitrogen and oxygen atoms in total. The average molecular weight is 444 g/mol. The minimum absolute atomic E-state index is 0.266. The molecule has 1 fully saturated rings. The minimum atomic E-state index is -4.01. The molecule has 3 aromatic carbocycles. The van der Waals surface area contributed by atoms with E-state index in [4.69, 9.17) is 23.2 Å². The molecule has 1 atom stereocenters. The number of amides is 1. The van der Waals surface area contributed by atoms with Gasteiger partial charge in [0.15, 0.2) is 5.37 Å². The van der Waals surface area contributed by atoms with Crippen LogP contribution >= 0.6 is 23.2 Å². The molecule has 0 saturated carbocycles. The van der Waals surface area contributed by atoms with Gasteiger partial charge in [0.05, 0.1) is 0 Å². The van der Waals surface area contributed by atoms with Gasteiger partial charge in [0.1, 0.15) is 4.91 Å². The molecule has 1 amide bonds. The molecule has 0 aliphatic carbocycles. The molecule has 1 heterocycles. The maximum Gasteiger partial charge on any atom is 0.271 e. The standard InChI is InChI=1S/C22H15Cl2NO3S/c23-17-12-11-16(19(24)14-17)13-20-21(26)25(18-9-5-2-6-10-18)22(29(20,27)28)15-7-3-1-4-8-15/h1-14,22H/b20-13+. The number of hydrogen-bond acceptors (Lipinski definition) is 3. The van der Waals surface area contributed by atoms with Gasteiger partial charge in [-0.1, -0.05) is 77.8 Å². The maximum absolute atomic E-state index is 13.5. The van der Waals surface area contributed by atoms with E-state index in [-0.39, 0.29) is 9.93 Å². The SMILES string of the molecule is O=C1/C(=C\c2ccc(Cl)cc2Cl)S(=O)(=O)C(c2ccccc2)N1c1ccccc1. The average Bonchev–Trinajstić information content (AvgIpc) is 2.91. The summed E-state index contributed by atoms with van der Waals surface area (Å²) in [4.78, 5) is 14.3. The predicted molar refractivity (Wildman–Crippen MR) is 116 cm³/mol. The van der Waals surface area contributed by atoms with Crippen LogP contribution in [-0.4, -0.2) is 14.3 Å². The summed E-state index contributed by atoms with van der Waals surface area (Å²) >= 11 is 12.1. The van der Waals surface area contributed by atoms with E-state index in [0.29, 0.717) is 21.8 Å². The first-order valence-corrected chi connectivity index (χ1v) is 11.0. The summed E-state index contributed by atoms with van der Waals surface area (Å²) in [5, 5.41) is -0.468. The van der Waals surface area contributed by atoms with Gasteiger partial charge in [-0.05, 0) is 41.5 Å². The number of nitrogens with zero attached hydrogens (tertiary/aromatic N) is 1. The first-order valence-electron chi connectivity index (χ1n) is 8.74. The summed E-state index contributed by atoms with van der Waals surface area (Å²) in [7, 11) is -4.01. The Morgan fingerprint density at radius 1 is 0.862 bits per heavy atom. The molecule has 146 valence electrons. The Kier molecular flexibility index (Phi) is 5.21. The van der Waals surface area contributed by atoms with Crippen LogP contribution in [0.25, 0.3) is 6.08 Å². The van der Waals surface area contributed by atoms with E-state index in [0.717, 1.165) is 0 Å². The van der Waals surface area contributed by atoms with Crippen molar-refractivity contribution in [3.8, 4) is 0 Å². The van der Waals surface area contributed by atoms with Crippen molar-refractivity contribution in [3.05, 3.63) is 105 Å². The quantitative estimate of drug-likeness (QED) is 0.502. The fraction of sp³-hybridized carbons (Fsp3) is 0.0455. The van der Waals surface area contributed by atoms with Crippen molar-refractivity contribution >= 4 is 50.7 Å². The Morgan fingerprint density at radius 2 is 1.48 bits per heavy atom. The molecule has 3 aromatic rings. The zero-order valence-electron chi connectivity index (χ0n) is 15.0. The number of sulfone groups is 1. The van der Waals surface area contributed by atoms with Crippen LogP contribution in [0.1, 0.15) is 16.5 Å². The van der Waals surface area contributed by atoms with Crippen molar-refractivity contribution in [2.45, 2.75) is 5.37 Å². The largest absolute Gasteiger partial charge is 0.286 e. The highest BCUT2D eigenvalue weighted by Gasteiger charge is 2.50. The molecule has 1 unspecified atom stereocenters. The molecule has 0 bridgehead atoms. The van der Waals surface area contributed by atoms with E-state index in [1.807, 2.05) is 0 Å². The van der Waals surface area contributed by atoms with Gasteiger partial charge >= 0.3 is 0 Å². The van der Waals surface area contributed by atoms with Gasteiger partial charge in [0, 0.05) is 15.7 Å². The predicted octanol–water partition coefficient (Wildman–Crippen LogP) is 5.49. The third-order valence-corrected chi connectivity index (χ3v) is 7.17. The number of hydrogen-bond donors (Lipinski definition) is 0. The molecule has 29 heavy (non-hydrogen) atoms. The molecule has 0 N–H and O–H groups in total. The second-order valence-corrected chi connectivity index (χ2v) is 9.31. The van der Waals surface area contributed by atoms with Crippen LogP contribution in [0.5, 0.6) is 0 Å². The monoisotopic (exact) mass is 443 g/mol. The zero-order chi connectivity index (χ0) is 20.6. The first-order chi connectivity index (χ1) is 13.9. The van der Waals surface area contributed by atoms with E-state index in [9.17, 15) is 13.2 Å². The molecule has 7 heteroatoms. The fourth-order valence-electron chi connectivity index (χ4n) is 3.30. The van der Waals surface area contributed by atoms with Crippen LogP contribution in [-0.2, 0) is 14.6 Å². The van der Waals surface area contributed by atoms with Crippen LogP contribution in [0, 0.1) is 0 Å². The van der Waals surface area contributed by atoms with Crippen LogP contribution in [0.4, 0.5) is 5.69 Å². The molecule has 0 aromatic heterocycles. The molecule has 0 radical (unpaired) electrons. The highest BCUT2D eigenvalue weighted by molar-refractivity contribution is 7.97. The number of benzene rings is 3. The molecule has 0 spiro atoms. The summed E-state index contributed by atoms with van der Waals surface area (Å²) < 4.78 is 26.9. The van der Waals surface area contributed by atoms with Gasteiger partial charge in [-0.25, -0.2) is 8.42 Å². The maximum atomic E-state index is 13.5. The number of halogens is 2. The highest BCUT2D eigenvalue weighted by atomic mass is 35.5. The lowest BCUT2D eigenvalue weighted by molar-refractivity contribution is -0.114. The van der Waals surface area contributed by atoms with Crippen molar-refractivity contribution in [2.75, 3.05) is 4.90 Å². The van der Waals surface area contributed by atoms with Crippen LogP contribution in [0.2, 0.25) is 10.0 Å². The number of carbonyl (C=O) groups is 1. The van der Waals surface area contributed by atoms with E-state index in [1.54, 1.807) is 72.8 Å². The summed E-state index contributed by atoms with van der Waals surface area (Å²) in [5.41, 5.74) is 1.42. The molecule has 1 saturated heterocycles. The normalized spacial score (nSPS) is 19.7. The van der Waals surface area contributed by atoms with Gasteiger partial charge < -0.3 is 0 Å². The number of rotatable bonds is 3. The number of anilines is 1. The summed E-state index contributed by atoms with van der Waals surface area (Å²) in [6.45, 7) is 0. The Balaban J connectivity index is 1.93. The van der Waals surface area contributed by atoms with Gasteiger partial charge in [-0.2, -0.15) is 0 Å². The van der Waals surface area contributed by atoms with Crippen molar-refractivity contribution in [1.82, 2.24) is 0 Å². The third-order valence-electron chi connectivity index (χ3n) is 4.63. The Bertz CT molecular complexity index is 1210.